The Morgan fingerprint density at radius 1 is 0.875 bits per heavy atom. The van der Waals surface area contributed by atoms with Gasteiger partial charge >= 0.3 is 0 Å². The predicted molar refractivity (Wildman–Crippen MR) is 133 cm³/mol. The number of nitrogens with one attached hydrogen (secondary N) is 2. The van der Waals surface area contributed by atoms with Crippen LogP contribution in [0.1, 0.15) is 41.8 Å². The lowest BCUT2D eigenvalue weighted by Crippen LogP contribution is -2.29. The van der Waals surface area contributed by atoms with E-state index in [2.05, 4.69) is 70.8 Å². The predicted octanol–water partition coefficient (Wildman–Crippen LogP) is 5.07. The van der Waals surface area contributed by atoms with Crippen LogP contribution in [-0.2, 0) is 12.8 Å². The zero-order chi connectivity index (χ0) is 22.6. The van der Waals surface area contributed by atoms with Gasteiger partial charge in [-0.05, 0) is 92.5 Å². The summed E-state index contributed by atoms with van der Waals surface area (Å²) in [6.07, 6.45) is 6.58. The highest BCUT2D eigenvalue weighted by molar-refractivity contribution is 5.95. The number of pyridine rings is 1. The number of aromatic nitrogens is 1. The van der Waals surface area contributed by atoms with Gasteiger partial charge < -0.3 is 15.5 Å². The summed E-state index contributed by atoms with van der Waals surface area (Å²) in [4.78, 5) is 19.0. The minimum atomic E-state index is -0.0284. The van der Waals surface area contributed by atoms with Gasteiger partial charge in [0.05, 0.1) is 0 Å². The number of hydrogen-bond donors (Lipinski definition) is 2. The highest BCUT2D eigenvalue weighted by atomic mass is 16.1. The maximum atomic E-state index is 12.6. The van der Waals surface area contributed by atoms with E-state index in [0.717, 1.165) is 50.3 Å². The van der Waals surface area contributed by atoms with Crippen LogP contribution < -0.4 is 10.6 Å². The monoisotopic (exact) mass is 430 g/mol. The topological polar surface area (TPSA) is 57.3 Å². The molecule has 0 saturated heterocycles. The van der Waals surface area contributed by atoms with E-state index in [9.17, 15) is 4.79 Å². The van der Waals surface area contributed by atoms with E-state index < -0.39 is 0 Å². The van der Waals surface area contributed by atoms with E-state index in [1.807, 2.05) is 36.7 Å². The largest absolute Gasteiger partial charge is 0.355 e. The summed E-state index contributed by atoms with van der Waals surface area (Å²) in [6.45, 7) is 8.11. The lowest BCUT2D eigenvalue weighted by atomic mass is 10.0. The molecule has 0 aliphatic carbocycles. The van der Waals surface area contributed by atoms with Crippen molar-refractivity contribution in [1.82, 2.24) is 15.2 Å². The normalized spacial score (nSPS) is 10.8. The Bertz CT molecular complexity index is 970. The lowest BCUT2D eigenvalue weighted by molar-refractivity contribution is 0.0952. The maximum absolute atomic E-state index is 12.6. The fourth-order valence-corrected chi connectivity index (χ4v) is 3.69. The van der Waals surface area contributed by atoms with E-state index in [1.54, 1.807) is 0 Å². The Balaban J connectivity index is 1.53. The molecule has 1 amide bonds. The average molecular weight is 431 g/mol. The molecule has 1 aromatic heterocycles. The molecule has 3 rings (SSSR count). The summed E-state index contributed by atoms with van der Waals surface area (Å²) in [5.74, 6) is -0.0284. The number of carbonyl (C=O) groups excluding carboxylic acids is 1. The van der Waals surface area contributed by atoms with Crippen molar-refractivity contribution < 1.29 is 4.79 Å². The fourth-order valence-electron chi connectivity index (χ4n) is 3.69. The number of hydrogen-bond acceptors (Lipinski definition) is 4. The van der Waals surface area contributed by atoms with E-state index >= 15 is 0 Å². The van der Waals surface area contributed by atoms with Crippen molar-refractivity contribution in [3.05, 3.63) is 89.7 Å². The van der Waals surface area contributed by atoms with Crippen LogP contribution in [0.4, 0.5) is 11.4 Å². The zero-order valence-corrected chi connectivity index (χ0v) is 19.2. The van der Waals surface area contributed by atoms with Gasteiger partial charge in [-0.1, -0.05) is 32.0 Å². The summed E-state index contributed by atoms with van der Waals surface area (Å²) in [7, 11) is 0. The second-order valence-electron chi connectivity index (χ2n) is 7.90. The molecule has 5 heteroatoms. The summed E-state index contributed by atoms with van der Waals surface area (Å²) < 4.78 is 0. The maximum Gasteiger partial charge on any atom is 0.251 e. The van der Waals surface area contributed by atoms with E-state index in [1.165, 1.54) is 11.1 Å². The second-order valence-corrected chi connectivity index (χ2v) is 7.90. The average Bonchev–Trinajstić information content (AvgIpc) is 2.84. The number of rotatable bonds is 12. The van der Waals surface area contributed by atoms with E-state index in [4.69, 9.17) is 0 Å². The van der Waals surface area contributed by atoms with Crippen LogP contribution in [0.5, 0.6) is 0 Å². The third kappa shape index (κ3) is 7.50. The Hall–Kier alpha value is -3.18. The molecule has 0 aliphatic heterocycles. The van der Waals surface area contributed by atoms with Crippen LogP contribution in [0.25, 0.3) is 0 Å². The first-order chi connectivity index (χ1) is 15.7. The molecule has 0 unspecified atom stereocenters. The van der Waals surface area contributed by atoms with Crippen LogP contribution in [0, 0.1) is 0 Å². The smallest absolute Gasteiger partial charge is 0.251 e. The molecule has 1 heterocycles. The van der Waals surface area contributed by atoms with E-state index in [0.29, 0.717) is 12.1 Å². The third-order valence-electron chi connectivity index (χ3n) is 5.62. The molecule has 0 radical (unpaired) electrons. The van der Waals surface area contributed by atoms with Crippen molar-refractivity contribution in [2.24, 2.45) is 0 Å². The molecular weight excluding hydrogens is 396 g/mol. The number of aryl methyl sites for hydroxylation is 2. The van der Waals surface area contributed by atoms with Crippen molar-refractivity contribution in [1.29, 1.82) is 0 Å². The summed E-state index contributed by atoms with van der Waals surface area (Å²) in [5.41, 5.74) is 5.16. The van der Waals surface area contributed by atoms with Gasteiger partial charge in [-0.3, -0.25) is 9.78 Å². The van der Waals surface area contributed by atoms with Gasteiger partial charge in [-0.25, -0.2) is 0 Å². The summed E-state index contributed by atoms with van der Waals surface area (Å²) in [6, 6.07) is 20.2. The van der Waals surface area contributed by atoms with Crippen LogP contribution in [0.15, 0.2) is 73.1 Å². The molecule has 5 nitrogen and oxygen atoms in total. The standard InChI is InChI=1S/C27H34N4O/c1-3-31(4-2)19-7-16-29-27(32)24-9-6-11-26(21-24)30-25-10-5-8-23(20-25)13-12-22-14-17-28-18-15-22/h5-6,8-11,14-15,17-18,20-21,30H,3-4,7,12-13,16,19H2,1-2H3,(H,29,32). The van der Waals surface area contributed by atoms with Crippen molar-refractivity contribution in [3.63, 3.8) is 0 Å². The first-order valence-electron chi connectivity index (χ1n) is 11.5. The number of anilines is 2. The van der Waals surface area contributed by atoms with Crippen molar-refractivity contribution in [3.8, 4) is 0 Å². The molecule has 32 heavy (non-hydrogen) atoms. The van der Waals surface area contributed by atoms with Crippen molar-refractivity contribution in [2.75, 3.05) is 31.5 Å². The minimum absolute atomic E-state index is 0.0284. The van der Waals surface area contributed by atoms with Gasteiger partial charge in [0.25, 0.3) is 5.91 Å². The zero-order valence-electron chi connectivity index (χ0n) is 19.2. The summed E-state index contributed by atoms with van der Waals surface area (Å²) in [5, 5.41) is 6.48. The van der Waals surface area contributed by atoms with Crippen LogP contribution in [-0.4, -0.2) is 42.0 Å². The lowest BCUT2D eigenvalue weighted by Gasteiger charge is -2.17. The first-order valence-corrected chi connectivity index (χ1v) is 11.5. The van der Waals surface area contributed by atoms with Crippen molar-refractivity contribution >= 4 is 17.3 Å². The first kappa shape index (κ1) is 23.5. The molecular formula is C27H34N4O. The molecule has 2 aromatic carbocycles. The Morgan fingerprint density at radius 3 is 2.31 bits per heavy atom. The second kappa shape index (κ2) is 12.6. The van der Waals surface area contributed by atoms with Gasteiger partial charge in [-0.15, -0.1) is 0 Å². The number of nitrogens with zero attached hydrogens (tertiary/aromatic N) is 2. The van der Waals surface area contributed by atoms with Gasteiger partial charge in [0, 0.05) is 35.9 Å². The fraction of sp³-hybridized carbons (Fsp3) is 0.333. The Labute approximate surface area is 191 Å². The molecule has 0 aliphatic rings. The third-order valence-corrected chi connectivity index (χ3v) is 5.62. The van der Waals surface area contributed by atoms with Crippen LogP contribution >= 0.6 is 0 Å². The molecule has 2 N–H and O–H groups in total. The molecule has 0 saturated carbocycles. The molecule has 0 atom stereocenters. The molecule has 168 valence electrons. The number of amides is 1. The van der Waals surface area contributed by atoms with E-state index in [-0.39, 0.29) is 5.91 Å². The number of carbonyl (C=O) groups is 1. The SMILES string of the molecule is CCN(CC)CCCNC(=O)c1cccc(Nc2cccc(CCc3ccncc3)c2)c1. The highest BCUT2D eigenvalue weighted by Crippen LogP contribution is 2.20. The van der Waals surface area contributed by atoms with Gasteiger partial charge in [0.1, 0.15) is 0 Å². The molecule has 3 aromatic rings. The minimum Gasteiger partial charge on any atom is -0.355 e. The quantitative estimate of drug-likeness (QED) is 0.394. The summed E-state index contributed by atoms with van der Waals surface area (Å²) >= 11 is 0. The van der Waals surface area contributed by atoms with Crippen molar-refractivity contribution in [2.45, 2.75) is 33.1 Å². The van der Waals surface area contributed by atoms with Gasteiger partial charge in [-0.2, -0.15) is 0 Å². The van der Waals surface area contributed by atoms with Crippen LogP contribution in [0.2, 0.25) is 0 Å². The van der Waals surface area contributed by atoms with Gasteiger partial charge in [0.2, 0.25) is 0 Å². The van der Waals surface area contributed by atoms with Gasteiger partial charge in [0.15, 0.2) is 0 Å². The Morgan fingerprint density at radius 2 is 1.56 bits per heavy atom. The molecule has 0 bridgehead atoms. The number of benzene rings is 2. The van der Waals surface area contributed by atoms with Crippen LogP contribution in [0.3, 0.4) is 0 Å². The highest BCUT2D eigenvalue weighted by Gasteiger charge is 2.07. The molecule has 0 fully saturated rings. The Kier molecular flexibility index (Phi) is 9.26. The molecule has 0 spiro atoms.